The van der Waals surface area contributed by atoms with Crippen molar-refractivity contribution >= 4 is 11.8 Å². The normalized spacial score (nSPS) is 57.1. The number of aliphatic carboxylic acids is 1. The Morgan fingerprint density at radius 1 is 1.19 bits per heavy atom. The lowest BCUT2D eigenvalue weighted by Gasteiger charge is -2.67. The summed E-state index contributed by atoms with van der Waals surface area (Å²) >= 11 is 0. The van der Waals surface area contributed by atoms with E-state index in [0.717, 1.165) is 0 Å². The van der Waals surface area contributed by atoms with Crippen molar-refractivity contribution in [1.29, 1.82) is 0 Å². The van der Waals surface area contributed by atoms with E-state index in [0.29, 0.717) is 25.7 Å². The van der Waals surface area contributed by atoms with Crippen molar-refractivity contribution in [2.24, 2.45) is 28.1 Å². The second-order valence-corrected chi connectivity index (χ2v) is 10.00. The summed E-state index contributed by atoms with van der Waals surface area (Å²) in [6, 6.07) is 0. The number of carboxylic acids is 1. The van der Waals surface area contributed by atoms with Crippen LogP contribution in [0.2, 0.25) is 0 Å². The number of carbonyl (C=O) groups is 2. The number of ketones is 1. The molecule has 4 fully saturated rings. The van der Waals surface area contributed by atoms with Crippen LogP contribution in [0.1, 0.15) is 58.8 Å². The van der Waals surface area contributed by atoms with Crippen molar-refractivity contribution in [2.75, 3.05) is 6.61 Å². The van der Waals surface area contributed by atoms with E-state index in [2.05, 4.69) is 0 Å². The molecule has 7 heteroatoms. The highest BCUT2D eigenvalue weighted by molar-refractivity contribution is 5.97. The predicted octanol–water partition coefficient (Wildman–Crippen LogP) is 0.472. The first-order valence-electron chi connectivity index (χ1n) is 9.96. The van der Waals surface area contributed by atoms with Crippen molar-refractivity contribution in [3.8, 4) is 0 Å². The maximum Gasteiger partial charge on any atom is 0.309 e. The molecule has 0 aromatic heterocycles. The summed E-state index contributed by atoms with van der Waals surface area (Å²) in [6.07, 6.45) is 1.27. The van der Waals surface area contributed by atoms with Gasteiger partial charge in [0.2, 0.25) is 0 Å². The quantitative estimate of drug-likeness (QED) is 0.468. The van der Waals surface area contributed by atoms with Crippen molar-refractivity contribution in [3.05, 3.63) is 0 Å². The van der Waals surface area contributed by atoms with Gasteiger partial charge in [0.1, 0.15) is 11.2 Å². The van der Waals surface area contributed by atoms with Crippen molar-refractivity contribution in [1.82, 2.24) is 0 Å². The van der Waals surface area contributed by atoms with Crippen LogP contribution in [0, 0.1) is 28.1 Å². The molecule has 2 bridgehead atoms. The van der Waals surface area contributed by atoms with Crippen molar-refractivity contribution in [3.63, 3.8) is 0 Å². The maximum absolute atomic E-state index is 13.4. The Bertz CT molecular complexity index is 708. The molecule has 0 saturated heterocycles. The minimum atomic E-state index is -1.95. The van der Waals surface area contributed by atoms with Gasteiger partial charge in [0, 0.05) is 11.3 Å². The number of hydrogen-bond acceptors (Lipinski definition) is 6. The number of carbonyl (C=O) groups excluding carboxylic acids is 1. The number of carboxylic acid groups (broad SMARTS) is 1. The van der Waals surface area contributed by atoms with Gasteiger partial charge in [-0.05, 0) is 51.4 Å². The zero-order chi connectivity index (χ0) is 20.0. The fourth-order valence-electron chi connectivity index (χ4n) is 7.80. The van der Waals surface area contributed by atoms with Crippen LogP contribution in [0.15, 0.2) is 0 Å². The van der Waals surface area contributed by atoms with Gasteiger partial charge in [-0.3, -0.25) is 9.59 Å². The summed E-state index contributed by atoms with van der Waals surface area (Å²) in [7, 11) is 0. The summed E-state index contributed by atoms with van der Waals surface area (Å²) < 4.78 is 0. The minimum Gasteiger partial charge on any atom is -0.481 e. The van der Waals surface area contributed by atoms with Gasteiger partial charge in [0.15, 0.2) is 5.78 Å². The largest absolute Gasteiger partial charge is 0.481 e. The van der Waals surface area contributed by atoms with Crippen LogP contribution in [0.25, 0.3) is 0 Å². The number of fused-ring (bicyclic) bond motifs is 3. The average Bonchev–Trinajstić information content (AvgIpc) is 2.79. The molecule has 4 aliphatic carbocycles. The molecule has 4 saturated carbocycles. The summed E-state index contributed by atoms with van der Waals surface area (Å²) in [6.45, 7) is 2.79. The zero-order valence-electron chi connectivity index (χ0n) is 15.9. The van der Waals surface area contributed by atoms with E-state index in [1.165, 1.54) is 0 Å². The molecule has 27 heavy (non-hydrogen) atoms. The van der Waals surface area contributed by atoms with Crippen molar-refractivity contribution in [2.45, 2.75) is 76.1 Å². The van der Waals surface area contributed by atoms with Crippen LogP contribution in [0.4, 0.5) is 0 Å². The van der Waals surface area contributed by atoms with E-state index in [9.17, 15) is 35.1 Å². The van der Waals surface area contributed by atoms with E-state index in [-0.39, 0.29) is 25.2 Å². The molecule has 0 radical (unpaired) electrons. The van der Waals surface area contributed by atoms with Crippen LogP contribution in [-0.2, 0) is 9.59 Å². The van der Waals surface area contributed by atoms with Gasteiger partial charge in [-0.2, -0.15) is 0 Å². The second kappa shape index (κ2) is 5.32. The molecule has 7 nitrogen and oxygen atoms in total. The second-order valence-electron chi connectivity index (χ2n) is 10.00. The van der Waals surface area contributed by atoms with Gasteiger partial charge < -0.3 is 25.5 Å². The summed E-state index contributed by atoms with van der Waals surface area (Å²) in [4.78, 5) is 25.5. The maximum atomic E-state index is 13.4. The number of Topliss-reactive ketones (excluding diaryl/α,β-unsaturated/α-hetero) is 1. The number of rotatable bonds is 2. The molecular formula is C20H30O7. The standard InChI is InChI=1S/C20H30O7/c1-16(15(24)25)5-3-6-17(2)12(16)4-7-18-9-11(8-13(22)20(17,18)27)19(26,10-21)14(18)23/h11-13,21-22,26-27H,3-10H2,1-2H3,(H,24,25)/t11-,12-,13+,16-,17-,18+,19+,20-/m1/s1. The molecule has 0 amide bonds. The first-order valence-corrected chi connectivity index (χ1v) is 9.96. The van der Waals surface area contributed by atoms with Crippen LogP contribution in [-0.4, -0.2) is 61.2 Å². The first kappa shape index (κ1) is 19.3. The van der Waals surface area contributed by atoms with Gasteiger partial charge in [0.25, 0.3) is 0 Å². The highest BCUT2D eigenvalue weighted by atomic mass is 16.4. The topological polar surface area (TPSA) is 135 Å². The van der Waals surface area contributed by atoms with E-state index < -0.39 is 57.8 Å². The minimum absolute atomic E-state index is 0.0210. The van der Waals surface area contributed by atoms with Gasteiger partial charge in [-0.25, -0.2) is 0 Å². The molecular weight excluding hydrogens is 352 g/mol. The molecule has 4 aliphatic rings. The number of aliphatic hydroxyl groups excluding tert-OH is 2. The van der Waals surface area contributed by atoms with Gasteiger partial charge in [-0.1, -0.05) is 13.3 Å². The average molecular weight is 382 g/mol. The molecule has 0 aromatic carbocycles. The zero-order valence-corrected chi connectivity index (χ0v) is 15.9. The van der Waals surface area contributed by atoms with Crippen LogP contribution < -0.4 is 0 Å². The predicted molar refractivity (Wildman–Crippen MR) is 93.6 cm³/mol. The lowest BCUT2D eigenvalue weighted by atomic mass is 9.38. The highest BCUT2D eigenvalue weighted by Gasteiger charge is 2.81. The van der Waals surface area contributed by atoms with Crippen molar-refractivity contribution < 1.29 is 35.1 Å². The summed E-state index contributed by atoms with van der Waals surface area (Å²) in [5.74, 6) is -2.47. The Balaban J connectivity index is 1.90. The first-order chi connectivity index (χ1) is 12.4. The molecule has 8 atom stereocenters. The van der Waals surface area contributed by atoms with E-state index in [1.54, 1.807) is 6.92 Å². The Labute approximate surface area is 158 Å². The third-order valence-corrected chi connectivity index (χ3v) is 9.21. The fourth-order valence-corrected chi connectivity index (χ4v) is 7.80. The fraction of sp³-hybridized carbons (Fsp3) is 0.900. The molecule has 0 aliphatic heterocycles. The molecule has 152 valence electrons. The Kier molecular flexibility index (Phi) is 3.80. The summed E-state index contributed by atoms with van der Waals surface area (Å²) in [5, 5.41) is 53.6. The molecule has 4 rings (SSSR count). The lowest BCUT2D eigenvalue weighted by molar-refractivity contribution is -0.290. The van der Waals surface area contributed by atoms with Gasteiger partial charge in [-0.15, -0.1) is 0 Å². The third-order valence-electron chi connectivity index (χ3n) is 9.21. The summed E-state index contributed by atoms with van der Waals surface area (Å²) in [5.41, 5.74) is -7.09. The van der Waals surface area contributed by atoms with Gasteiger partial charge in [0.05, 0.1) is 23.5 Å². The van der Waals surface area contributed by atoms with E-state index in [4.69, 9.17) is 0 Å². The molecule has 0 unspecified atom stereocenters. The van der Waals surface area contributed by atoms with E-state index >= 15 is 0 Å². The Morgan fingerprint density at radius 2 is 1.85 bits per heavy atom. The monoisotopic (exact) mass is 382 g/mol. The lowest BCUT2D eigenvalue weighted by Crippen LogP contribution is -2.75. The molecule has 0 aromatic rings. The molecule has 5 N–H and O–H groups in total. The van der Waals surface area contributed by atoms with Crippen LogP contribution in [0.3, 0.4) is 0 Å². The SMILES string of the molecule is C[C@@]1(C(=O)O)CCC[C@]2(C)[C@@H]1CC[C@@]13C[C@@H](C[C@H](O)[C@]12O)[C@@](O)(CO)C3=O. The smallest absolute Gasteiger partial charge is 0.309 e. The van der Waals surface area contributed by atoms with E-state index in [1.807, 2.05) is 6.92 Å². The molecule has 0 heterocycles. The van der Waals surface area contributed by atoms with Crippen LogP contribution >= 0.6 is 0 Å². The van der Waals surface area contributed by atoms with Gasteiger partial charge >= 0.3 is 5.97 Å². The number of aliphatic hydroxyl groups is 4. The Morgan fingerprint density at radius 3 is 2.44 bits per heavy atom. The Hall–Kier alpha value is -1.02. The highest BCUT2D eigenvalue weighted by Crippen LogP contribution is 2.73. The molecule has 1 spiro atoms. The van der Waals surface area contributed by atoms with Crippen LogP contribution in [0.5, 0.6) is 0 Å². The third kappa shape index (κ3) is 1.83. The number of hydrogen-bond donors (Lipinski definition) is 5.